The first-order valence-electron chi connectivity index (χ1n) is 12.3. The number of aromatic nitrogens is 2. The summed E-state index contributed by atoms with van der Waals surface area (Å²) in [6, 6.07) is 16.9. The topological polar surface area (TPSA) is 70.3 Å². The Morgan fingerprint density at radius 3 is 2.31 bits per heavy atom. The van der Waals surface area contributed by atoms with E-state index in [1.807, 2.05) is 18.3 Å². The normalized spacial score (nSPS) is 12.4. The Morgan fingerprint density at radius 1 is 0.886 bits per heavy atom. The third-order valence-electron chi connectivity index (χ3n) is 7.12. The number of rotatable bonds is 8. The largest absolute Gasteiger partial charge is 0.491 e. The number of anilines is 1. The van der Waals surface area contributed by atoms with E-state index in [-0.39, 0.29) is 5.04 Å². The van der Waals surface area contributed by atoms with Crippen molar-refractivity contribution in [2.75, 3.05) is 18.9 Å². The predicted octanol–water partition coefficient (Wildman–Crippen LogP) is 6.86. The number of nitrogen functional groups attached to an aromatic ring is 1. The maximum Gasteiger partial charge on any atom is 0.192 e. The molecular formula is C29H37N3O2Si. The molecule has 4 aromatic rings. The lowest BCUT2D eigenvalue weighted by atomic mass is 10.0. The van der Waals surface area contributed by atoms with Crippen molar-refractivity contribution in [1.29, 1.82) is 0 Å². The summed E-state index contributed by atoms with van der Waals surface area (Å²) in [4.78, 5) is 9.18. The van der Waals surface area contributed by atoms with Crippen LogP contribution in [0.3, 0.4) is 0 Å². The maximum atomic E-state index is 6.19. The fourth-order valence-corrected chi connectivity index (χ4v) is 4.94. The Kier molecular flexibility index (Phi) is 7.15. The monoisotopic (exact) mass is 487 g/mol. The Hall–Kier alpha value is -2.96. The molecule has 4 rings (SSSR count). The van der Waals surface area contributed by atoms with Crippen LogP contribution in [0.1, 0.15) is 37.5 Å². The fraction of sp³-hybridized carbons (Fsp3) is 0.379. The summed E-state index contributed by atoms with van der Waals surface area (Å²) in [6.45, 7) is 14.6. The molecule has 0 radical (unpaired) electrons. The minimum atomic E-state index is -1.73. The molecule has 0 spiro atoms. The zero-order valence-electron chi connectivity index (χ0n) is 21.8. The molecule has 0 aliphatic heterocycles. The SMILES string of the molecule is Cc1ccc2c(c1)nc(N)c1ncc(CCc3ccc(OCCO[Si](C)(C)C(C)(C)C)cc3)cc12. The molecule has 35 heavy (non-hydrogen) atoms. The van der Waals surface area contributed by atoms with Crippen LogP contribution in [0.15, 0.2) is 54.7 Å². The van der Waals surface area contributed by atoms with Gasteiger partial charge in [-0.3, -0.25) is 4.98 Å². The second kappa shape index (κ2) is 9.95. The smallest absolute Gasteiger partial charge is 0.192 e. The predicted molar refractivity (Wildman–Crippen MR) is 149 cm³/mol. The molecule has 2 N–H and O–H groups in total. The van der Waals surface area contributed by atoms with Gasteiger partial charge in [-0.2, -0.15) is 0 Å². The number of ether oxygens (including phenoxy) is 1. The van der Waals surface area contributed by atoms with Crippen molar-refractivity contribution in [1.82, 2.24) is 9.97 Å². The van der Waals surface area contributed by atoms with Crippen LogP contribution in [0, 0.1) is 6.92 Å². The molecule has 6 heteroatoms. The fourth-order valence-electron chi connectivity index (χ4n) is 3.91. The van der Waals surface area contributed by atoms with Gasteiger partial charge in [0.05, 0.1) is 12.1 Å². The standard InChI is InChI=1S/C29H37N3O2Si/c1-20-7-14-24-25-18-22(19-31-27(25)28(30)32-26(24)17-20)9-8-21-10-12-23(13-11-21)33-15-16-34-35(5,6)29(2,3)4/h7,10-14,17-19H,8-9,15-16H2,1-6H3,(H2,30,32). The van der Waals surface area contributed by atoms with E-state index in [2.05, 4.69) is 87.2 Å². The highest BCUT2D eigenvalue weighted by molar-refractivity contribution is 6.74. The maximum absolute atomic E-state index is 6.19. The van der Waals surface area contributed by atoms with Gasteiger partial charge in [0, 0.05) is 17.0 Å². The number of aryl methyl sites for hydroxylation is 3. The Bertz CT molecular complexity index is 1330. The zero-order valence-corrected chi connectivity index (χ0v) is 22.8. The molecule has 2 heterocycles. The van der Waals surface area contributed by atoms with E-state index in [0.29, 0.717) is 19.0 Å². The van der Waals surface area contributed by atoms with Crippen molar-refractivity contribution < 1.29 is 9.16 Å². The summed E-state index contributed by atoms with van der Waals surface area (Å²) in [5.41, 5.74) is 11.5. The quantitative estimate of drug-likeness (QED) is 0.167. The molecule has 2 aromatic heterocycles. The highest BCUT2D eigenvalue weighted by Gasteiger charge is 2.36. The molecule has 0 bridgehead atoms. The van der Waals surface area contributed by atoms with E-state index in [1.165, 1.54) is 16.7 Å². The number of hydrogen-bond acceptors (Lipinski definition) is 5. The van der Waals surface area contributed by atoms with Crippen molar-refractivity contribution in [3.63, 3.8) is 0 Å². The summed E-state index contributed by atoms with van der Waals surface area (Å²) in [5.74, 6) is 1.36. The molecule has 0 saturated heterocycles. The summed E-state index contributed by atoms with van der Waals surface area (Å²) >= 11 is 0. The van der Waals surface area contributed by atoms with Crippen LogP contribution in [0.2, 0.25) is 18.1 Å². The highest BCUT2D eigenvalue weighted by atomic mass is 28.4. The van der Waals surface area contributed by atoms with Gasteiger partial charge in [0.2, 0.25) is 0 Å². The number of fused-ring (bicyclic) bond motifs is 3. The molecule has 0 fully saturated rings. The summed E-state index contributed by atoms with van der Waals surface area (Å²) in [5, 5.41) is 2.37. The molecule has 0 atom stereocenters. The third kappa shape index (κ3) is 5.82. The van der Waals surface area contributed by atoms with Crippen molar-refractivity contribution in [3.05, 3.63) is 71.4 Å². The molecular weight excluding hydrogens is 450 g/mol. The minimum Gasteiger partial charge on any atom is -0.491 e. The lowest BCUT2D eigenvalue weighted by molar-refractivity contribution is 0.203. The molecule has 0 aliphatic rings. The van der Waals surface area contributed by atoms with Crippen molar-refractivity contribution in [2.45, 2.75) is 58.7 Å². The van der Waals surface area contributed by atoms with Gasteiger partial charge < -0.3 is 14.9 Å². The number of benzene rings is 2. The van der Waals surface area contributed by atoms with Gasteiger partial charge in [-0.1, -0.05) is 45.0 Å². The molecule has 0 unspecified atom stereocenters. The molecule has 0 aliphatic carbocycles. The van der Waals surface area contributed by atoms with Gasteiger partial charge in [-0.25, -0.2) is 4.98 Å². The van der Waals surface area contributed by atoms with E-state index in [9.17, 15) is 0 Å². The molecule has 0 saturated carbocycles. The Morgan fingerprint density at radius 2 is 1.60 bits per heavy atom. The first kappa shape index (κ1) is 25.1. The Labute approximate surface area is 209 Å². The first-order valence-corrected chi connectivity index (χ1v) is 15.2. The van der Waals surface area contributed by atoms with Crippen molar-refractivity contribution >= 4 is 35.9 Å². The van der Waals surface area contributed by atoms with Gasteiger partial charge in [0.15, 0.2) is 14.1 Å². The number of hydrogen-bond donors (Lipinski definition) is 1. The van der Waals surface area contributed by atoms with E-state index >= 15 is 0 Å². The van der Waals surface area contributed by atoms with Gasteiger partial charge in [0.1, 0.15) is 17.9 Å². The van der Waals surface area contributed by atoms with E-state index in [0.717, 1.165) is 40.4 Å². The number of pyridine rings is 2. The second-order valence-corrected chi connectivity index (χ2v) is 15.7. The lowest BCUT2D eigenvalue weighted by Crippen LogP contribution is -2.41. The van der Waals surface area contributed by atoms with Crippen molar-refractivity contribution in [2.24, 2.45) is 0 Å². The lowest BCUT2D eigenvalue weighted by Gasteiger charge is -2.36. The first-order chi connectivity index (χ1) is 16.5. The minimum absolute atomic E-state index is 0.213. The molecule has 184 valence electrons. The third-order valence-corrected chi connectivity index (χ3v) is 11.7. The van der Waals surface area contributed by atoms with Crippen LogP contribution < -0.4 is 10.5 Å². The summed E-state index contributed by atoms with van der Waals surface area (Å²) in [7, 11) is -1.73. The van der Waals surface area contributed by atoms with Crippen LogP contribution in [0.4, 0.5) is 5.82 Å². The van der Waals surface area contributed by atoms with Gasteiger partial charge >= 0.3 is 0 Å². The van der Waals surface area contributed by atoms with Crippen LogP contribution >= 0.6 is 0 Å². The van der Waals surface area contributed by atoms with Crippen molar-refractivity contribution in [3.8, 4) is 5.75 Å². The Balaban J connectivity index is 1.36. The second-order valence-electron chi connectivity index (χ2n) is 10.9. The van der Waals surface area contributed by atoms with Gasteiger partial charge in [0.25, 0.3) is 0 Å². The van der Waals surface area contributed by atoms with Crippen LogP contribution in [0.5, 0.6) is 5.75 Å². The molecule has 0 amide bonds. The zero-order chi connectivity index (χ0) is 25.2. The highest BCUT2D eigenvalue weighted by Crippen LogP contribution is 2.36. The molecule has 2 aromatic carbocycles. The summed E-state index contributed by atoms with van der Waals surface area (Å²) in [6.07, 6.45) is 3.75. The van der Waals surface area contributed by atoms with Crippen LogP contribution in [-0.4, -0.2) is 31.5 Å². The van der Waals surface area contributed by atoms with E-state index in [1.54, 1.807) is 0 Å². The average molecular weight is 488 g/mol. The molecule has 5 nitrogen and oxygen atoms in total. The van der Waals surface area contributed by atoms with Crippen LogP contribution in [-0.2, 0) is 17.3 Å². The van der Waals surface area contributed by atoms with E-state index < -0.39 is 8.32 Å². The average Bonchev–Trinajstić information content (AvgIpc) is 2.80. The number of nitrogens with zero attached hydrogens (tertiary/aromatic N) is 2. The van der Waals surface area contributed by atoms with Gasteiger partial charge in [-0.15, -0.1) is 0 Å². The van der Waals surface area contributed by atoms with Gasteiger partial charge in [-0.05, 0) is 78.9 Å². The number of nitrogens with two attached hydrogens (primary N) is 1. The van der Waals surface area contributed by atoms with Crippen LogP contribution in [0.25, 0.3) is 21.8 Å². The van der Waals surface area contributed by atoms with E-state index in [4.69, 9.17) is 14.9 Å². The summed E-state index contributed by atoms with van der Waals surface area (Å²) < 4.78 is 12.1.